The zero-order valence-electron chi connectivity index (χ0n) is 19.5. The van der Waals surface area contributed by atoms with Gasteiger partial charge in [-0.05, 0) is 29.5 Å². The number of carbonyl (C=O) groups excluding carboxylic acids is 3. The molecule has 182 valence electrons. The van der Waals surface area contributed by atoms with E-state index in [9.17, 15) is 14.4 Å². The van der Waals surface area contributed by atoms with Crippen molar-refractivity contribution in [3.63, 3.8) is 0 Å². The van der Waals surface area contributed by atoms with E-state index in [0.717, 1.165) is 16.7 Å². The summed E-state index contributed by atoms with van der Waals surface area (Å²) in [7, 11) is 0. The van der Waals surface area contributed by atoms with Crippen molar-refractivity contribution >= 4 is 17.7 Å². The minimum Gasteiger partial charge on any atom is -0.354 e. The number of amides is 3. The lowest BCUT2D eigenvalue weighted by molar-refractivity contribution is -0.136. The third-order valence-corrected chi connectivity index (χ3v) is 5.72. The van der Waals surface area contributed by atoms with Gasteiger partial charge in [-0.3, -0.25) is 19.6 Å². The van der Waals surface area contributed by atoms with Crippen molar-refractivity contribution < 1.29 is 19.6 Å². The molecule has 7 nitrogen and oxygen atoms in total. The minimum absolute atomic E-state index is 0.203. The van der Waals surface area contributed by atoms with E-state index >= 15 is 0 Å². The summed E-state index contributed by atoms with van der Waals surface area (Å²) in [6, 6.07) is 27.8. The summed E-state index contributed by atoms with van der Waals surface area (Å²) >= 11 is 0. The highest BCUT2D eigenvalue weighted by Gasteiger charge is 2.27. The summed E-state index contributed by atoms with van der Waals surface area (Å²) in [4.78, 5) is 38.2. The molecule has 7 heteroatoms. The predicted octanol–water partition coefficient (Wildman–Crippen LogP) is 2.83. The smallest absolute Gasteiger partial charge is 0.244 e. The fraction of sp³-hybridized carbons (Fsp3) is 0.250. The lowest BCUT2D eigenvalue weighted by Crippen LogP contribution is -2.50. The van der Waals surface area contributed by atoms with Crippen LogP contribution < -0.4 is 16.1 Å². The molecular formula is C28H31N3O4. The maximum absolute atomic E-state index is 13.2. The van der Waals surface area contributed by atoms with Crippen molar-refractivity contribution in [2.45, 2.75) is 31.7 Å². The maximum atomic E-state index is 13.2. The molecule has 0 bridgehead atoms. The first kappa shape index (κ1) is 25.6. The topological polar surface area (TPSA) is 108 Å². The van der Waals surface area contributed by atoms with Crippen molar-refractivity contribution in [2.75, 3.05) is 6.54 Å². The van der Waals surface area contributed by atoms with E-state index in [1.165, 1.54) is 0 Å². The van der Waals surface area contributed by atoms with Crippen LogP contribution in [0.5, 0.6) is 0 Å². The first-order chi connectivity index (χ1) is 17.0. The van der Waals surface area contributed by atoms with Crippen LogP contribution in [-0.2, 0) is 33.6 Å². The van der Waals surface area contributed by atoms with E-state index in [4.69, 9.17) is 5.21 Å². The summed E-state index contributed by atoms with van der Waals surface area (Å²) < 4.78 is 0. The molecule has 3 amide bonds. The van der Waals surface area contributed by atoms with E-state index in [-0.39, 0.29) is 12.3 Å². The fourth-order valence-electron chi connectivity index (χ4n) is 3.87. The molecule has 4 N–H and O–H groups in total. The van der Waals surface area contributed by atoms with Gasteiger partial charge in [0, 0.05) is 19.4 Å². The Morgan fingerprint density at radius 3 is 1.74 bits per heavy atom. The van der Waals surface area contributed by atoms with Crippen LogP contribution in [0.4, 0.5) is 0 Å². The van der Waals surface area contributed by atoms with Crippen LogP contribution in [0.1, 0.15) is 23.1 Å². The molecule has 0 unspecified atom stereocenters. The van der Waals surface area contributed by atoms with E-state index in [1.54, 1.807) is 5.48 Å². The first-order valence-corrected chi connectivity index (χ1v) is 11.7. The SMILES string of the molecule is O=C(C[C@@H](Cc1ccccc1)C(=O)N[C@@H](Cc1ccccc1)C(=O)NCCc1ccccc1)NO. The molecular weight excluding hydrogens is 442 g/mol. The second kappa shape index (κ2) is 13.7. The lowest BCUT2D eigenvalue weighted by Gasteiger charge is -2.22. The molecule has 0 radical (unpaired) electrons. The number of rotatable bonds is 12. The monoisotopic (exact) mass is 473 g/mol. The van der Waals surface area contributed by atoms with Crippen LogP contribution in [0, 0.1) is 5.92 Å². The van der Waals surface area contributed by atoms with Crippen molar-refractivity contribution in [3.8, 4) is 0 Å². The molecule has 0 saturated carbocycles. The van der Waals surface area contributed by atoms with Crippen LogP contribution in [-0.4, -0.2) is 35.5 Å². The van der Waals surface area contributed by atoms with E-state index in [1.807, 2.05) is 91.0 Å². The zero-order valence-corrected chi connectivity index (χ0v) is 19.5. The Morgan fingerprint density at radius 1 is 0.686 bits per heavy atom. The van der Waals surface area contributed by atoms with Gasteiger partial charge in [0.05, 0.1) is 5.92 Å². The predicted molar refractivity (Wildman–Crippen MR) is 133 cm³/mol. The van der Waals surface area contributed by atoms with Crippen molar-refractivity contribution in [2.24, 2.45) is 5.92 Å². The molecule has 3 rings (SSSR count). The van der Waals surface area contributed by atoms with Gasteiger partial charge in [-0.2, -0.15) is 0 Å². The van der Waals surface area contributed by atoms with Crippen LogP contribution in [0.3, 0.4) is 0 Å². The third kappa shape index (κ3) is 8.72. The Labute approximate surface area is 205 Å². The zero-order chi connectivity index (χ0) is 24.9. The lowest BCUT2D eigenvalue weighted by atomic mass is 9.94. The minimum atomic E-state index is -0.809. The highest BCUT2D eigenvalue weighted by atomic mass is 16.5. The first-order valence-electron chi connectivity index (χ1n) is 11.7. The number of hydrogen-bond donors (Lipinski definition) is 4. The number of hydroxylamine groups is 1. The van der Waals surface area contributed by atoms with Crippen molar-refractivity contribution in [1.82, 2.24) is 16.1 Å². The van der Waals surface area contributed by atoms with Gasteiger partial charge in [0.2, 0.25) is 17.7 Å². The van der Waals surface area contributed by atoms with Crippen molar-refractivity contribution in [3.05, 3.63) is 108 Å². The molecule has 0 aliphatic heterocycles. The summed E-state index contributed by atoms with van der Waals surface area (Å²) in [6.45, 7) is 0.435. The van der Waals surface area contributed by atoms with Crippen LogP contribution in [0.2, 0.25) is 0 Å². The molecule has 3 aromatic rings. The Bertz CT molecular complexity index is 1080. The molecule has 0 saturated heterocycles. The number of hydrogen-bond acceptors (Lipinski definition) is 4. The molecule has 0 aliphatic carbocycles. The molecule has 2 atom stereocenters. The molecule has 0 aliphatic rings. The van der Waals surface area contributed by atoms with E-state index in [0.29, 0.717) is 25.8 Å². The summed E-state index contributed by atoms with van der Waals surface area (Å²) in [5.41, 5.74) is 4.49. The quantitative estimate of drug-likeness (QED) is 0.240. The number of nitrogens with one attached hydrogen (secondary N) is 3. The molecule has 3 aromatic carbocycles. The van der Waals surface area contributed by atoms with Gasteiger partial charge in [-0.15, -0.1) is 0 Å². The number of carbonyl (C=O) groups is 3. The second-order valence-electron chi connectivity index (χ2n) is 8.40. The van der Waals surface area contributed by atoms with Gasteiger partial charge in [0.15, 0.2) is 0 Å². The number of benzene rings is 3. The van der Waals surface area contributed by atoms with Crippen LogP contribution in [0.25, 0.3) is 0 Å². The van der Waals surface area contributed by atoms with Gasteiger partial charge < -0.3 is 10.6 Å². The van der Waals surface area contributed by atoms with Gasteiger partial charge in [0.25, 0.3) is 0 Å². The fourth-order valence-corrected chi connectivity index (χ4v) is 3.87. The van der Waals surface area contributed by atoms with Gasteiger partial charge >= 0.3 is 0 Å². The Kier molecular flexibility index (Phi) is 10.0. The van der Waals surface area contributed by atoms with Crippen LogP contribution >= 0.6 is 0 Å². The third-order valence-electron chi connectivity index (χ3n) is 5.72. The highest BCUT2D eigenvalue weighted by Crippen LogP contribution is 2.14. The van der Waals surface area contributed by atoms with Gasteiger partial charge in [-0.25, -0.2) is 5.48 Å². The Hall–Kier alpha value is -3.97. The summed E-state index contributed by atoms with van der Waals surface area (Å²) in [5.74, 6) is -2.12. The Balaban J connectivity index is 1.70. The van der Waals surface area contributed by atoms with Gasteiger partial charge in [0.1, 0.15) is 6.04 Å². The summed E-state index contributed by atoms with van der Waals surface area (Å²) in [5, 5.41) is 14.8. The van der Waals surface area contributed by atoms with Gasteiger partial charge in [-0.1, -0.05) is 91.0 Å². The molecule has 0 aromatic heterocycles. The normalized spacial score (nSPS) is 12.3. The molecule has 35 heavy (non-hydrogen) atoms. The average Bonchev–Trinajstić information content (AvgIpc) is 2.89. The maximum Gasteiger partial charge on any atom is 0.244 e. The van der Waals surface area contributed by atoms with Crippen molar-refractivity contribution in [1.29, 1.82) is 0 Å². The molecule has 0 heterocycles. The molecule has 0 spiro atoms. The Morgan fingerprint density at radius 2 is 1.20 bits per heavy atom. The van der Waals surface area contributed by atoms with E-state index < -0.39 is 23.8 Å². The largest absolute Gasteiger partial charge is 0.354 e. The van der Waals surface area contributed by atoms with Crippen LogP contribution in [0.15, 0.2) is 91.0 Å². The standard InChI is InChI=1S/C28H31N3O4/c32-26(31-35)20-24(18-22-12-6-2-7-13-22)27(33)30-25(19-23-14-8-3-9-15-23)28(34)29-17-16-21-10-4-1-5-11-21/h1-15,24-25,35H,16-20H2,(H,29,34)(H,30,33)(H,31,32)/t24-,25+/m1/s1. The summed E-state index contributed by atoms with van der Waals surface area (Å²) in [6.07, 6.45) is 1.08. The second-order valence-corrected chi connectivity index (χ2v) is 8.40. The molecule has 0 fully saturated rings. The van der Waals surface area contributed by atoms with E-state index in [2.05, 4.69) is 10.6 Å². The average molecular weight is 474 g/mol. The highest BCUT2D eigenvalue weighted by molar-refractivity contribution is 5.90.